The first-order valence-corrected chi connectivity index (χ1v) is 14.7. The van der Waals surface area contributed by atoms with Gasteiger partial charge in [-0.15, -0.1) is 0 Å². The maximum atomic E-state index is 13.9. The highest BCUT2D eigenvalue weighted by Crippen LogP contribution is 2.41. The van der Waals surface area contributed by atoms with Crippen molar-refractivity contribution in [2.24, 2.45) is 11.3 Å². The first-order valence-electron chi connectivity index (χ1n) is 14.7. The lowest BCUT2D eigenvalue weighted by Gasteiger charge is -2.44. The number of nitriles is 1. The Bertz CT molecular complexity index is 1290. The summed E-state index contributed by atoms with van der Waals surface area (Å²) in [5, 5.41) is 19.3. The van der Waals surface area contributed by atoms with Crippen LogP contribution in [-0.4, -0.2) is 63.4 Å². The van der Waals surface area contributed by atoms with Crippen LogP contribution < -0.4 is 0 Å². The van der Waals surface area contributed by atoms with E-state index in [9.17, 15) is 32.8 Å². The number of allylic oxidation sites excluding steroid dienone is 6. The van der Waals surface area contributed by atoms with Gasteiger partial charge in [0.15, 0.2) is 0 Å². The molecule has 1 aromatic rings. The molecule has 0 radical (unpaired) electrons. The van der Waals surface area contributed by atoms with E-state index in [0.717, 1.165) is 23.9 Å². The minimum Gasteiger partial charge on any atom is -0.481 e. The van der Waals surface area contributed by atoms with Crippen LogP contribution in [0.4, 0.5) is 13.2 Å². The molecule has 3 heterocycles. The van der Waals surface area contributed by atoms with Crippen LogP contribution in [0.25, 0.3) is 0 Å². The zero-order chi connectivity index (χ0) is 31.6. The van der Waals surface area contributed by atoms with Crippen LogP contribution in [0.15, 0.2) is 54.3 Å². The molecule has 2 fully saturated rings. The highest BCUT2D eigenvalue weighted by molar-refractivity contribution is 5.95. The second-order valence-corrected chi connectivity index (χ2v) is 11.0. The third-order valence-corrected chi connectivity index (χ3v) is 8.25. The molecule has 0 aromatic carbocycles. The Balaban J connectivity index is 1.82. The molecular formula is C32H39F3N4O4. The number of carboxylic acids is 1. The maximum Gasteiger partial charge on any atom is 0.418 e. The molecule has 2 atom stereocenters. The van der Waals surface area contributed by atoms with E-state index in [4.69, 9.17) is 5.11 Å². The zero-order valence-corrected chi connectivity index (χ0v) is 24.6. The third-order valence-electron chi connectivity index (χ3n) is 8.25. The molecule has 2 aliphatic heterocycles. The number of likely N-dealkylation sites (tertiary alicyclic amines) is 2. The molecule has 0 saturated carbocycles. The Labute approximate surface area is 250 Å². The largest absolute Gasteiger partial charge is 0.481 e. The zero-order valence-electron chi connectivity index (χ0n) is 24.6. The summed E-state index contributed by atoms with van der Waals surface area (Å²) in [6.45, 7) is 4.59. The number of pyridine rings is 1. The summed E-state index contributed by atoms with van der Waals surface area (Å²) in [6, 6.07) is 3.85. The Morgan fingerprint density at radius 3 is 2.53 bits per heavy atom. The Morgan fingerprint density at radius 1 is 1.21 bits per heavy atom. The molecule has 1 N–H and O–H groups in total. The molecule has 2 amide bonds. The highest BCUT2D eigenvalue weighted by atomic mass is 19.4. The summed E-state index contributed by atoms with van der Waals surface area (Å²) in [5.74, 6) is -2.50. The van der Waals surface area contributed by atoms with E-state index in [1.165, 1.54) is 4.90 Å². The molecule has 1 aromatic heterocycles. The molecule has 8 nitrogen and oxygen atoms in total. The van der Waals surface area contributed by atoms with E-state index >= 15 is 0 Å². The Hall–Kier alpha value is -3.94. The summed E-state index contributed by atoms with van der Waals surface area (Å²) >= 11 is 0. The van der Waals surface area contributed by atoms with E-state index in [0.29, 0.717) is 51.6 Å². The van der Waals surface area contributed by atoms with Gasteiger partial charge in [0.25, 0.3) is 5.91 Å². The van der Waals surface area contributed by atoms with Crippen molar-refractivity contribution in [2.75, 3.05) is 19.6 Å². The van der Waals surface area contributed by atoms with Crippen molar-refractivity contribution in [1.82, 2.24) is 14.8 Å². The van der Waals surface area contributed by atoms with E-state index in [2.05, 4.69) is 11.1 Å². The standard InChI is InChI=1S/C32H39F3N4O4/c1-3-5-6-11-23(12-7-15-27(40)41)31(22-36)16-20-38(21-17-31)29(42)24-13-9-19-39(26(24)10-4-2)30(43)28-25(32(33,34)35)14-8-18-37-28/h3,5-6,8,11-12,14,18,24,26H,4,7,9-10,13,15-17,19-21H2,1-2H3,(H,40,41)/b5-3-,11-6-,23-12-. The maximum absolute atomic E-state index is 13.9. The first-order chi connectivity index (χ1) is 20.5. The van der Waals surface area contributed by atoms with Gasteiger partial charge >= 0.3 is 12.1 Å². The van der Waals surface area contributed by atoms with E-state index < -0.39 is 46.7 Å². The molecule has 232 valence electrons. The molecular weight excluding hydrogens is 561 g/mol. The summed E-state index contributed by atoms with van der Waals surface area (Å²) in [5.41, 5.74) is -1.93. The monoisotopic (exact) mass is 600 g/mol. The van der Waals surface area contributed by atoms with Gasteiger partial charge in [-0.1, -0.05) is 43.7 Å². The van der Waals surface area contributed by atoms with Crippen molar-refractivity contribution >= 4 is 17.8 Å². The molecule has 2 saturated heterocycles. The van der Waals surface area contributed by atoms with E-state index in [-0.39, 0.29) is 25.3 Å². The van der Waals surface area contributed by atoms with Crippen molar-refractivity contribution in [1.29, 1.82) is 5.26 Å². The van der Waals surface area contributed by atoms with Crippen LogP contribution in [0.3, 0.4) is 0 Å². The number of amides is 2. The van der Waals surface area contributed by atoms with Gasteiger partial charge < -0.3 is 14.9 Å². The van der Waals surface area contributed by atoms with Crippen LogP contribution in [0, 0.1) is 22.7 Å². The second kappa shape index (κ2) is 15.0. The summed E-state index contributed by atoms with van der Waals surface area (Å²) in [7, 11) is 0. The number of halogens is 3. The number of aromatic nitrogens is 1. The van der Waals surface area contributed by atoms with Crippen molar-refractivity contribution in [2.45, 2.75) is 77.4 Å². The van der Waals surface area contributed by atoms with Gasteiger partial charge in [0.2, 0.25) is 5.91 Å². The lowest BCUT2D eigenvalue weighted by molar-refractivity contribution is -0.141. The van der Waals surface area contributed by atoms with Crippen LogP contribution >= 0.6 is 0 Å². The van der Waals surface area contributed by atoms with Gasteiger partial charge in [0, 0.05) is 38.3 Å². The van der Waals surface area contributed by atoms with Gasteiger partial charge in [-0.05, 0) is 63.2 Å². The lowest BCUT2D eigenvalue weighted by Crippen LogP contribution is -2.55. The topological polar surface area (TPSA) is 115 Å². The average molecular weight is 601 g/mol. The van der Waals surface area contributed by atoms with Gasteiger partial charge in [-0.25, -0.2) is 0 Å². The van der Waals surface area contributed by atoms with Crippen LogP contribution in [0.5, 0.6) is 0 Å². The fourth-order valence-electron chi connectivity index (χ4n) is 6.04. The summed E-state index contributed by atoms with van der Waals surface area (Å²) in [6.07, 6.45) is 8.47. The van der Waals surface area contributed by atoms with E-state index in [1.54, 1.807) is 17.1 Å². The summed E-state index contributed by atoms with van der Waals surface area (Å²) in [4.78, 5) is 45.3. The van der Waals surface area contributed by atoms with Crippen molar-refractivity contribution in [3.8, 4) is 6.07 Å². The number of hydrogen-bond donors (Lipinski definition) is 1. The van der Waals surface area contributed by atoms with Gasteiger partial charge in [0.1, 0.15) is 5.69 Å². The van der Waals surface area contributed by atoms with Crippen LogP contribution in [-0.2, 0) is 15.8 Å². The van der Waals surface area contributed by atoms with Crippen molar-refractivity contribution in [3.05, 3.63) is 65.5 Å². The molecule has 2 aliphatic rings. The Kier molecular flexibility index (Phi) is 11.7. The summed E-state index contributed by atoms with van der Waals surface area (Å²) < 4.78 is 41.0. The third kappa shape index (κ3) is 8.12. The number of aliphatic carboxylic acids is 1. The fourth-order valence-corrected chi connectivity index (χ4v) is 6.04. The molecule has 11 heteroatoms. The number of nitrogens with zero attached hydrogens (tertiary/aromatic N) is 4. The molecule has 3 rings (SSSR count). The normalized spacial score (nSPS) is 21.3. The van der Waals surface area contributed by atoms with Crippen LogP contribution in [0.1, 0.15) is 81.3 Å². The van der Waals surface area contributed by atoms with Crippen molar-refractivity contribution in [3.63, 3.8) is 0 Å². The minimum atomic E-state index is -4.74. The quantitative estimate of drug-likeness (QED) is 0.321. The average Bonchev–Trinajstić information content (AvgIpc) is 2.99. The molecule has 43 heavy (non-hydrogen) atoms. The lowest BCUT2D eigenvalue weighted by atomic mass is 9.72. The molecule has 0 bridgehead atoms. The number of alkyl halides is 3. The number of piperidine rings is 2. The highest BCUT2D eigenvalue weighted by Gasteiger charge is 2.45. The van der Waals surface area contributed by atoms with Gasteiger partial charge in [0.05, 0.1) is 23.0 Å². The number of rotatable bonds is 10. The minimum absolute atomic E-state index is 0.0637. The smallest absolute Gasteiger partial charge is 0.418 e. The number of carbonyl (C=O) groups excluding carboxylic acids is 2. The van der Waals surface area contributed by atoms with E-state index in [1.807, 2.05) is 32.1 Å². The second-order valence-electron chi connectivity index (χ2n) is 11.0. The molecule has 0 aliphatic carbocycles. The number of carbonyl (C=O) groups is 3. The molecule has 0 spiro atoms. The van der Waals surface area contributed by atoms with Crippen molar-refractivity contribution < 1.29 is 32.7 Å². The predicted octanol–water partition coefficient (Wildman–Crippen LogP) is 6.18. The fraction of sp³-hybridized carbons (Fsp3) is 0.531. The predicted molar refractivity (Wildman–Crippen MR) is 154 cm³/mol. The Morgan fingerprint density at radius 2 is 1.93 bits per heavy atom. The number of carboxylic acid groups (broad SMARTS) is 1. The number of hydrogen-bond acceptors (Lipinski definition) is 5. The molecule has 2 unspecified atom stereocenters. The van der Waals surface area contributed by atoms with Gasteiger partial charge in [-0.2, -0.15) is 18.4 Å². The first kappa shape index (κ1) is 33.6. The van der Waals surface area contributed by atoms with Crippen LogP contribution in [0.2, 0.25) is 0 Å². The van der Waals surface area contributed by atoms with Gasteiger partial charge in [-0.3, -0.25) is 19.4 Å². The SMILES string of the molecule is C\C=C/C=C\C(=C\CCC(=O)O)C1(C#N)CCN(C(=O)C2CCCN(C(=O)c3ncccc3C(F)(F)F)C2CCC)CC1.